The molecule has 7 heteroatoms. The number of nitrogens with one attached hydrogen (secondary N) is 1. The number of benzene rings is 1. The molecule has 2 rings (SSSR count). The molecule has 0 unspecified atom stereocenters. The van der Waals surface area contributed by atoms with Crippen LogP contribution in [0.15, 0.2) is 17.0 Å². The molecule has 0 saturated heterocycles. The first-order chi connectivity index (χ1) is 9.79. The molecule has 1 saturated carbocycles. The van der Waals surface area contributed by atoms with Crippen LogP contribution in [0.1, 0.15) is 32.6 Å². The predicted octanol–water partition coefficient (Wildman–Crippen LogP) is 3.68. The molecular formula is C14H20Cl2N2O2S. The molecule has 0 aliphatic heterocycles. The first-order valence-corrected chi connectivity index (χ1v) is 9.27. The van der Waals surface area contributed by atoms with E-state index in [0.717, 1.165) is 31.6 Å². The second-order valence-electron chi connectivity index (χ2n) is 5.78. The normalized spacial score (nSPS) is 23.2. The third-order valence-electron chi connectivity index (χ3n) is 4.00. The molecule has 1 fully saturated rings. The number of nitrogen functional groups attached to an aromatic ring is 1. The fourth-order valence-electron chi connectivity index (χ4n) is 2.70. The minimum atomic E-state index is -3.72. The molecule has 0 spiro atoms. The molecule has 0 bridgehead atoms. The topological polar surface area (TPSA) is 72.2 Å². The summed E-state index contributed by atoms with van der Waals surface area (Å²) in [6.45, 7) is 2.65. The summed E-state index contributed by atoms with van der Waals surface area (Å²) in [5, 5.41) is 0.363. The van der Waals surface area contributed by atoms with Crippen molar-refractivity contribution in [1.29, 1.82) is 0 Å². The monoisotopic (exact) mass is 350 g/mol. The van der Waals surface area contributed by atoms with Gasteiger partial charge in [0.15, 0.2) is 0 Å². The van der Waals surface area contributed by atoms with Gasteiger partial charge in [0.05, 0.1) is 10.7 Å². The van der Waals surface area contributed by atoms with Gasteiger partial charge >= 0.3 is 0 Å². The SMILES string of the molecule is CC1CCC(CNS(=O)(=O)c2c(N)cc(Cl)cc2Cl)CC1. The van der Waals surface area contributed by atoms with Crippen LogP contribution >= 0.6 is 23.2 Å². The van der Waals surface area contributed by atoms with Gasteiger partial charge in [-0.2, -0.15) is 0 Å². The highest BCUT2D eigenvalue weighted by Crippen LogP contribution is 2.32. The summed E-state index contributed by atoms with van der Waals surface area (Å²) in [4.78, 5) is -0.0854. The van der Waals surface area contributed by atoms with E-state index in [2.05, 4.69) is 11.6 Å². The van der Waals surface area contributed by atoms with Crippen molar-refractivity contribution < 1.29 is 8.42 Å². The van der Waals surface area contributed by atoms with Crippen molar-refractivity contribution in [2.24, 2.45) is 11.8 Å². The zero-order valence-corrected chi connectivity index (χ0v) is 14.2. The molecule has 1 aromatic carbocycles. The molecule has 4 nitrogen and oxygen atoms in total. The first-order valence-electron chi connectivity index (χ1n) is 7.04. The van der Waals surface area contributed by atoms with E-state index in [1.54, 1.807) is 0 Å². The molecule has 0 aromatic heterocycles. The molecule has 0 amide bonds. The Morgan fingerprint density at radius 2 is 1.86 bits per heavy atom. The molecule has 1 aromatic rings. The van der Waals surface area contributed by atoms with E-state index in [1.165, 1.54) is 12.1 Å². The minimum Gasteiger partial charge on any atom is -0.398 e. The van der Waals surface area contributed by atoms with Crippen LogP contribution in [0.4, 0.5) is 5.69 Å². The van der Waals surface area contributed by atoms with Crippen molar-refractivity contribution in [2.45, 2.75) is 37.5 Å². The van der Waals surface area contributed by atoms with Gasteiger partial charge in [-0.25, -0.2) is 13.1 Å². The highest BCUT2D eigenvalue weighted by atomic mass is 35.5. The van der Waals surface area contributed by atoms with Gasteiger partial charge in [0.2, 0.25) is 10.0 Å². The number of nitrogens with two attached hydrogens (primary N) is 1. The average Bonchev–Trinajstić information content (AvgIpc) is 2.36. The zero-order chi connectivity index (χ0) is 15.6. The lowest BCUT2D eigenvalue weighted by atomic mass is 9.83. The smallest absolute Gasteiger partial charge is 0.244 e. The highest BCUT2D eigenvalue weighted by Gasteiger charge is 2.24. The molecule has 1 aliphatic carbocycles. The second kappa shape index (κ2) is 6.73. The maximum atomic E-state index is 12.4. The lowest BCUT2D eigenvalue weighted by Gasteiger charge is -2.26. The van der Waals surface area contributed by atoms with E-state index in [1.807, 2.05) is 0 Å². The van der Waals surface area contributed by atoms with Gasteiger partial charge in [-0.1, -0.05) is 43.0 Å². The van der Waals surface area contributed by atoms with Crippen LogP contribution in [0.2, 0.25) is 10.0 Å². The Balaban J connectivity index is 2.09. The summed E-state index contributed by atoms with van der Waals surface area (Å²) in [5.74, 6) is 1.11. The van der Waals surface area contributed by atoms with Crippen LogP contribution in [0.5, 0.6) is 0 Å². The van der Waals surface area contributed by atoms with Crippen LogP contribution in [0, 0.1) is 11.8 Å². The maximum absolute atomic E-state index is 12.4. The van der Waals surface area contributed by atoms with Crippen molar-refractivity contribution in [3.63, 3.8) is 0 Å². The second-order valence-corrected chi connectivity index (χ2v) is 8.33. The largest absolute Gasteiger partial charge is 0.398 e. The Labute approximate surface area is 136 Å². The number of halogens is 2. The third kappa shape index (κ3) is 4.25. The van der Waals surface area contributed by atoms with Crippen LogP contribution in [-0.4, -0.2) is 15.0 Å². The molecule has 0 heterocycles. The molecule has 3 N–H and O–H groups in total. The number of anilines is 1. The summed E-state index contributed by atoms with van der Waals surface area (Å²) in [7, 11) is -3.72. The zero-order valence-electron chi connectivity index (χ0n) is 11.9. The van der Waals surface area contributed by atoms with Crippen LogP contribution in [0.3, 0.4) is 0 Å². The third-order valence-corrected chi connectivity index (χ3v) is 6.17. The maximum Gasteiger partial charge on any atom is 0.244 e. The molecule has 1 aliphatic rings. The van der Waals surface area contributed by atoms with Crippen molar-refractivity contribution in [3.05, 3.63) is 22.2 Å². The average molecular weight is 351 g/mol. The number of hydrogen-bond acceptors (Lipinski definition) is 3. The summed E-state index contributed by atoms with van der Waals surface area (Å²) in [5.41, 5.74) is 5.81. The Morgan fingerprint density at radius 3 is 2.43 bits per heavy atom. The van der Waals surface area contributed by atoms with E-state index < -0.39 is 10.0 Å². The first kappa shape index (κ1) is 16.9. The summed E-state index contributed by atoms with van der Waals surface area (Å²) >= 11 is 11.8. The van der Waals surface area contributed by atoms with Gasteiger partial charge in [0, 0.05) is 11.6 Å². The van der Waals surface area contributed by atoms with Gasteiger partial charge in [0.25, 0.3) is 0 Å². The Hall–Kier alpha value is -0.490. The fraction of sp³-hybridized carbons (Fsp3) is 0.571. The van der Waals surface area contributed by atoms with E-state index in [4.69, 9.17) is 28.9 Å². The fourth-order valence-corrected chi connectivity index (χ4v) is 4.79. The van der Waals surface area contributed by atoms with Gasteiger partial charge in [0.1, 0.15) is 4.90 Å². The summed E-state index contributed by atoms with van der Waals surface area (Å²) < 4.78 is 27.4. The van der Waals surface area contributed by atoms with Crippen LogP contribution < -0.4 is 10.5 Å². The van der Waals surface area contributed by atoms with Crippen molar-refractivity contribution in [1.82, 2.24) is 4.72 Å². The summed E-state index contributed by atoms with van der Waals surface area (Å²) in [6.07, 6.45) is 4.40. The van der Waals surface area contributed by atoms with E-state index in [-0.39, 0.29) is 15.6 Å². The molecule has 118 valence electrons. The Bertz CT molecular complexity index is 588. The highest BCUT2D eigenvalue weighted by molar-refractivity contribution is 7.89. The van der Waals surface area contributed by atoms with Gasteiger partial charge in [-0.05, 0) is 36.8 Å². The Morgan fingerprint density at radius 1 is 1.24 bits per heavy atom. The molecular weight excluding hydrogens is 331 g/mol. The van der Waals surface area contributed by atoms with Crippen molar-refractivity contribution in [2.75, 3.05) is 12.3 Å². The van der Waals surface area contributed by atoms with Crippen molar-refractivity contribution >= 4 is 38.9 Å². The van der Waals surface area contributed by atoms with E-state index >= 15 is 0 Å². The standard InChI is InChI=1S/C14H20Cl2N2O2S/c1-9-2-4-10(5-3-9)8-18-21(19,20)14-12(16)6-11(15)7-13(14)17/h6-7,9-10,18H,2-5,8,17H2,1H3. The number of sulfonamides is 1. The minimum absolute atomic E-state index is 0.0461. The van der Waals surface area contributed by atoms with Crippen molar-refractivity contribution in [3.8, 4) is 0 Å². The number of hydrogen-bond donors (Lipinski definition) is 2. The molecule has 0 atom stereocenters. The van der Waals surface area contributed by atoms with E-state index in [9.17, 15) is 8.42 Å². The number of rotatable bonds is 4. The lowest BCUT2D eigenvalue weighted by molar-refractivity contribution is 0.290. The lowest BCUT2D eigenvalue weighted by Crippen LogP contribution is -2.31. The van der Waals surface area contributed by atoms with Crippen LogP contribution in [0.25, 0.3) is 0 Å². The predicted molar refractivity (Wildman–Crippen MR) is 87.2 cm³/mol. The van der Waals surface area contributed by atoms with Crippen LogP contribution in [-0.2, 0) is 10.0 Å². The van der Waals surface area contributed by atoms with Gasteiger partial charge < -0.3 is 5.73 Å². The molecule has 21 heavy (non-hydrogen) atoms. The summed E-state index contributed by atoms with van der Waals surface area (Å²) in [6, 6.07) is 2.78. The Kier molecular flexibility index (Phi) is 5.41. The van der Waals surface area contributed by atoms with E-state index in [0.29, 0.717) is 17.5 Å². The molecule has 0 radical (unpaired) electrons. The van der Waals surface area contributed by atoms with Gasteiger partial charge in [-0.15, -0.1) is 0 Å². The quantitative estimate of drug-likeness (QED) is 0.813. The van der Waals surface area contributed by atoms with Gasteiger partial charge in [-0.3, -0.25) is 0 Å².